The number of pyridine rings is 1. The Hall–Kier alpha value is -0.530. The molecule has 0 fully saturated rings. The molecule has 0 aliphatic heterocycles. The molecule has 1 aromatic carbocycles. The molecule has 0 radical (unpaired) electrons. The maximum Gasteiger partial charge on any atom is 0.182 e. The standard InChI is InChI=1S/C14H12BrN2S.HI/c1-9-4-3-5-12-13(9)16-14(18-12)10-6-11(15)8-17(2)7-10;/h3-8H,1-2H3;1H/q+1;/p-1. The minimum atomic E-state index is 0. The zero-order valence-corrected chi connectivity index (χ0v) is 15.1. The molecule has 0 aliphatic carbocycles. The van der Waals surface area contributed by atoms with Crippen LogP contribution in [0.25, 0.3) is 20.8 Å². The van der Waals surface area contributed by atoms with E-state index in [-0.39, 0.29) is 24.0 Å². The van der Waals surface area contributed by atoms with Crippen molar-refractivity contribution in [1.82, 2.24) is 4.98 Å². The fourth-order valence-electron chi connectivity index (χ4n) is 2.00. The number of hydrogen-bond donors (Lipinski definition) is 0. The molecule has 0 atom stereocenters. The molecule has 19 heavy (non-hydrogen) atoms. The molecular formula is C14H12BrIN2S. The van der Waals surface area contributed by atoms with E-state index in [4.69, 9.17) is 4.98 Å². The van der Waals surface area contributed by atoms with Gasteiger partial charge in [0.2, 0.25) is 0 Å². The lowest BCUT2D eigenvalue weighted by Gasteiger charge is -1.95. The van der Waals surface area contributed by atoms with E-state index in [1.54, 1.807) is 11.3 Å². The van der Waals surface area contributed by atoms with E-state index in [9.17, 15) is 0 Å². The number of fused-ring (bicyclic) bond motifs is 1. The summed E-state index contributed by atoms with van der Waals surface area (Å²) in [4.78, 5) is 4.75. The summed E-state index contributed by atoms with van der Waals surface area (Å²) in [5.41, 5.74) is 3.49. The van der Waals surface area contributed by atoms with Crippen LogP contribution >= 0.6 is 27.3 Å². The molecule has 0 unspecified atom stereocenters. The van der Waals surface area contributed by atoms with Crippen LogP contribution < -0.4 is 28.5 Å². The van der Waals surface area contributed by atoms with Crippen molar-refractivity contribution in [2.45, 2.75) is 6.92 Å². The van der Waals surface area contributed by atoms with Crippen LogP contribution in [0.1, 0.15) is 5.56 Å². The van der Waals surface area contributed by atoms with Crippen molar-refractivity contribution in [3.8, 4) is 10.6 Å². The van der Waals surface area contributed by atoms with E-state index >= 15 is 0 Å². The van der Waals surface area contributed by atoms with Crippen LogP contribution in [0.5, 0.6) is 0 Å². The molecule has 0 saturated heterocycles. The largest absolute Gasteiger partial charge is 1.00 e. The molecule has 2 heterocycles. The average Bonchev–Trinajstić information content (AvgIpc) is 2.73. The Kier molecular flexibility index (Phi) is 4.58. The first kappa shape index (κ1) is 14.9. The average molecular weight is 447 g/mol. The quantitative estimate of drug-likeness (QED) is 0.400. The van der Waals surface area contributed by atoms with Gasteiger partial charge in [0.1, 0.15) is 12.1 Å². The number of aryl methyl sites for hydroxylation is 2. The Morgan fingerprint density at radius 2 is 2.05 bits per heavy atom. The third kappa shape index (κ3) is 2.98. The smallest absolute Gasteiger partial charge is 0.182 e. The van der Waals surface area contributed by atoms with E-state index in [0.29, 0.717) is 0 Å². The van der Waals surface area contributed by atoms with Gasteiger partial charge in [-0.25, -0.2) is 9.55 Å². The van der Waals surface area contributed by atoms with Crippen LogP contribution in [0, 0.1) is 6.92 Å². The lowest BCUT2D eigenvalue weighted by Crippen LogP contribution is -3.00. The topological polar surface area (TPSA) is 16.8 Å². The number of rotatable bonds is 1. The predicted molar refractivity (Wildman–Crippen MR) is 78.7 cm³/mol. The second kappa shape index (κ2) is 5.85. The monoisotopic (exact) mass is 446 g/mol. The van der Waals surface area contributed by atoms with E-state index in [0.717, 1.165) is 20.6 Å². The Balaban J connectivity index is 0.00000133. The lowest BCUT2D eigenvalue weighted by molar-refractivity contribution is -0.671. The third-order valence-corrected chi connectivity index (χ3v) is 4.33. The highest BCUT2D eigenvalue weighted by Gasteiger charge is 2.11. The summed E-state index contributed by atoms with van der Waals surface area (Å²) in [6.07, 6.45) is 4.12. The van der Waals surface area contributed by atoms with Gasteiger partial charge in [-0.2, -0.15) is 0 Å². The number of halogens is 2. The predicted octanol–water partition coefficient (Wildman–Crippen LogP) is 0.863. The summed E-state index contributed by atoms with van der Waals surface area (Å²) in [6, 6.07) is 8.42. The summed E-state index contributed by atoms with van der Waals surface area (Å²) in [7, 11) is 2.02. The molecule has 0 spiro atoms. The number of para-hydroxylation sites is 1. The summed E-state index contributed by atoms with van der Waals surface area (Å²) >= 11 is 5.26. The van der Waals surface area contributed by atoms with Crippen molar-refractivity contribution < 1.29 is 28.5 Å². The second-order valence-corrected chi connectivity index (χ2v) is 6.30. The molecule has 0 bridgehead atoms. The molecule has 2 nitrogen and oxygen atoms in total. The van der Waals surface area contributed by atoms with Gasteiger partial charge in [0, 0.05) is 0 Å². The molecule has 0 saturated carbocycles. The molecule has 0 aliphatic rings. The van der Waals surface area contributed by atoms with E-state index in [1.807, 2.05) is 17.8 Å². The minimum Gasteiger partial charge on any atom is -1.00 e. The van der Waals surface area contributed by atoms with Crippen molar-refractivity contribution in [3.05, 3.63) is 46.7 Å². The highest BCUT2D eigenvalue weighted by Crippen LogP contribution is 2.31. The number of nitrogens with zero attached hydrogens (tertiary/aromatic N) is 2. The highest BCUT2D eigenvalue weighted by molar-refractivity contribution is 9.10. The number of aromatic nitrogens is 2. The fraction of sp³-hybridized carbons (Fsp3) is 0.143. The molecule has 0 amide bonds. The van der Waals surface area contributed by atoms with Crippen LogP contribution in [0.2, 0.25) is 0 Å². The highest BCUT2D eigenvalue weighted by atomic mass is 127. The normalized spacial score (nSPS) is 10.5. The van der Waals surface area contributed by atoms with Crippen LogP contribution in [0.15, 0.2) is 41.1 Å². The first-order chi connectivity index (χ1) is 8.63. The van der Waals surface area contributed by atoms with Crippen molar-refractivity contribution in [2.75, 3.05) is 0 Å². The summed E-state index contributed by atoms with van der Waals surface area (Å²) in [5, 5.41) is 1.07. The molecule has 5 heteroatoms. The van der Waals surface area contributed by atoms with Crippen molar-refractivity contribution in [3.63, 3.8) is 0 Å². The van der Waals surface area contributed by atoms with Crippen LogP contribution in [0.4, 0.5) is 0 Å². The molecular weight excluding hydrogens is 435 g/mol. The Bertz CT molecular complexity index is 719. The van der Waals surface area contributed by atoms with Crippen molar-refractivity contribution in [1.29, 1.82) is 0 Å². The first-order valence-corrected chi connectivity index (χ1v) is 7.27. The SMILES string of the molecule is Cc1cccc2sc(-c3cc(Br)c[n+](C)c3)nc12.[I-]. The second-order valence-electron chi connectivity index (χ2n) is 4.35. The van der Waals surface area contributed by atoms with Crippen molar-refractivity contribution >= 4 is 37.5 Å². The molecule has 2 aromatic heterocycles. The summed E-state index contributed by atoms with van der Waals surface area (Å²) in [5.74, 6) is 0. The van der Waals surface area contributed by atoms with E-state index < -0.39 is 0 Å². The van der Waals surface area contributed by atoms with Gasteiger partial charge in [0.15, 0.2) is 12.4 Å². The maximum atomic E-state index is 4.75. The Morgan fingerprint density at radius 3 is 2.74 bits per heavy atom. The van der Waals surface area contributed by atoms with E-state index in [1.165, 1.54) is 10.3 Å². The van der Waals surface area contributed by atoms with Crippen LogP contribution in [0.3, 0.4) is 0 Å². The zero-order chi connectivity index (χ0) is 12.7. The number of benzene rings is 1. The molecule has 0 N–H and O–H groups in total. The van der Waals surface area contributed by atoms with E-state index in [2.05, 4.69) is 53.3 Å². The summed E-state index contributed by atoms with van der Waals surface area (Å²) < 4.78 is 4.35. The Morgan fingerprint density at radius 1 is 1.26 bits per heavy atom. The number of thiazole rings is 1. The lowest BCUT2D eigenvalue weighted by atomic mass is 10.2. The van der Waals surface area contributed by atoms with Gasteiger partial charge in [-0.05, 0) is 40.5 Å². The van der Waals surface area contributed by atoms with Gasteiger partial charge >= 0.3 is 0 Å². The number of hydrogen-bond acceptors (Lipinski definition) is 2. The maximum absolute atomic E-state index is 4.75. The Labute approximate surface area is 141 Å². The molecule has 3 aromatic rings. The third-order valence-electron chi connectivity index (χ3n) is 2.83. The van der Waals surface area contributed by atoms with Gasteiger partial charge in [-0.1, -0.05) is 12.1 Å². The van der Waals surface area contributed by atoms with Crippen LogP contribution in [-0.2, 0) is 7.05 Å². The first-order valence-electron chi connectivity index (χ1n) is 5.66. The minimum absolute atomic E-state index is 0. The fourth-order valence-corrected chi connectivity index (χ4v) is 3.60. The molecule has 3 rings (SSSR count). The summed E-state index contributed by atoms with van der Waals surface area (Å²) in [6.45, 7) is 2.10. The van der Waals surface area contributed by atoms with Gasteiger partial charge in [0.05, 0.1) is 20.3 Å². The van der Waals surface area contributed by atoms with Crippen molar-refractivity contribution in [2.24, 2.45) is 7.05 Å². The van der Waals surface area contributed by atoms with Crippen LogP contribution in [-0.4, -0.2) is 4.98 Å². The van der Waals surface area contributed by atoms with Gasteiger partial charge in [-0.15, -0.1) is 11.3 Å². The molecule has 98 valence electrons. The van der Waals surface area contributed by atoms with Gasteiger partial charge < -0.3 is 24.0 Å². The zero-order valence-electron chi connectivity index (χ0n) is 10.5. The van der Waals surface area contributed by atoms with Gasteiger partial charge in [-0.3, -0.25) is 0 Å². The van der Waals surface area contributed by atoms with Gasteiger partial charge in [0.25, 0.3) is 0 Å².